The summed E-state index contributed by atoms with van der Waals surface area (Å²) < 4.78 is 0. The van der Waals surface area contributed by atoms with Gasteiger partial charge in [-0.2, -0.15) is 0 Å². The minimum Gasteiger partial charge on any atom is -0.383 e. The third-order valence-electron chi connectivity index (χ3n) is 1.20. The number of rotatable bonds is 3. The van der Waals surface area contributed by atoms with E-state index in [0.717, 1.165) is 5.56 Å². The second-order valence-electron chi connectivity index (χ2n) is 1.93. The van der Waals surface area contributed by atoms with E-state index in [0.29, 0.717) is 18.8 Å². The van der Waals surface area contributed by atoms with E-state index in [1.54, 1.807) is 6.20 Å². The standard InChI is InChI=1S/C6H8N4O/c7-6-5(2-9-4-11)1-8-3-10-6/h1,3-4H,2H2,(H,9,11)(H2,7,8,10). The van der Waals surface area contributed by atoms with Crippen molar-refractivity contribution in [3.63, 3.8) is 0 Å². The van der Waals surface area contributed by atoms with Crippen molar-refractivity contribution in [2.24, 2.45) is 0 Å². The Labute approximate surface area is 63.7 Å². The summed E-state index contributed by atoms with van der Waals surface area (Å²) in [6.45, 7) is 0.371. The number of carbonyl (C=O) groups is 1. The molecule has 0 spiro atoms. The van der Waals surface area contributed by atoms with Crippen LogP contribution in [0.2, 0.25) is 0 Å². The highest BCUT2D eigenvalue weighted by atomic mass is 16.1. The fourth-order valence-corrected chi connectivity index (χ4v) is 0.656. The van der Waals surface area contributed by atoms with Crippen LogP contribution in [0.5, 0.6) is 0 Å². The average molecular weight is 152 g/mol. The van der Waals surface area contributed by atoms with Gasteiger partial charge < -0.3 is 11.1 Å². The van der Waals surface area contributed by atoms with Crippen LogP contribution in [0, 0.1) is 0 Å². The highest BCUT2D eigenvalue weighted by Crippen LogP contribution is 2.02. The number of anilines is 1. The Morgan fingerprint density at radius 2 is 2.55 bits per heavy atom. The van der Waals surface area contributed by atoms with Crippen LogP contribution in [0.3, 0.4) is 0 Å². The molecule has 5 heteroatoms. The Balaban J connectivity index is 2.69. The van der Waals surface area contributed by atoms with Crippen molar-refractivity contribution >= 4 is 12.2 Å². The zero-order chi connectivity index (χ0) is 8.10. The van der Waals surface area contributed by atoms with E-state index < -0.39 is 0 Å². The van der Waals surface area contributed by atoms with Gasteiger partial charge >= 0.3 is 0 Å². The van der Waals surface area contributed by atoms with Crippen molar-refractivity contribution in [1.29, 1.82) is 0 Å². The summed E-state index contributed by atoms with van der Waals surface area (Å²) >= 11 is 0. The quantitative estimate of drug-likeness (QED) is 0.561. The van der Waals surface area contributed by atoms with Crippen LogP contribution in [0.15, 0.2) is 12.5 Å². The van der Waals surface area contributed by atoms with Crippen LogP contribution in [0.25, 0.3) is 0 Å². The highest BCUT2D eigenvalue weighted by molar-refractivity contribution is 5.47. The first-order valence-corrected chi connectivity index (χ1v) is 3.06. The van der Waals surface area contributed by atoms with E-state index in [1.165, 1.54) is 6.33 Å². The predicted molar refractivity (Wildman–Crippen MR) is 39.3 cm³/mol. The van der Waals surface area contributed by atoms with Crippen LogP contribution >= 0.6 is 0 Å². The zero-order valence-corrected chi connectivity index (χ0v) is 5.82. The molecule has 0 bridgehead atoms. The smallest absolute Gasteiger partial charge is 0.207 e. The number of amides is 1. The van der Waals surface area contributed by atoms with Crippen LogP contribution < -0.4 is 11.1 Å². The lowest BCUT2D eigenvalue weighted by molar-refractivity contribution is -0.109. The second-order valence-corrected chi connectivity index (χ2v) is 1.93. The maximum Gasteiger partial charge on any atom is 0.207 e. The van der Waals surface area contributed by atoms with E-state index in [4.69, 9.17) is 5.73 Å². The van der Waals surface area contributed by atoms with Crippen molar-refractivity contribution in [3.8, 4) is 0 Å². The molecule has 0 aliphatic rings. The number of nitrogens with zero attached hydrogens (tertiary/aromatic N) is 2. The van der Waals surface area contributed by atoms with Gasteiger partial charge in [0.05, 0.1) is 0 Å². The van der Waals surface area contributed by atoms with Gasteiger partial charge in [-0.1, -0.05) is 0 Å². The normalized spacial score (nSPS) is 9.09. The Bertz CT molecular complexity index is 250. The molecule has 0 saturated heterocycles. The Kier molecular flexibility index (Phi) is 2.37. The van der Waals surface area contributed by atoms with Crippen LogP contribution in [0.1, 0.15) is 5.56 Å². The van der Waals surface area contributed by atoms with E-state index in [9.17, 15) is 4.79 Å². The molecule has 1 heterocycles. The summed E-state index contributed by atoms with van der Waals surface area (Å²) in [4.78, 5) is 17.4. The third-order valence-corrected chi connectivity index (χ3v) is 1.20. The molecule has 0 radical (unpaired) electrons. The Hall–Kier alpha value is -1.65. The molecule has 5 nitrogen and oxygen atoms in total. The minimum absolute atomic E-state index is 0.371. The fourth-order valence-electron chi connectivity index (χ4n) is 0.656. The fraction of sp³-hybridized carbons (Fsp3) is 0.167. The third kappa shape index (κ3) is 1.89. The number of hydrogen-bond donors (Lipinski definition) is 2. The molecule has 3 N–H and O–H groups in total. The molecule has 0 saturated carbocycles. The van der Waals surface area contributed by atoms with Gasteiger partial charge in [-0.25, -0.2) is 9.97 Å². The summed E-state index contributed by atoms with van der Waals surface area (Å²) in [5.41, 5.74) is 6.18. The SMILES string of the molecule is Nc1ncncc1CNC=O. The summed E-state index contributed by atoms with van der Waals surface area (Å²) in [7, 11) is 0. The molecule has 0 unspecified atom stereocenters. The number of nitrogen functional groups attached to an aromatic ring is 1. The lowest BCUT2D eigenvalue weighted by Crippen LogP contribution is -2.12. The molecule has 1 amide bonds. The molecule has 0 fully saturated rings. The second kappa shape index (κ2) is 3.50. The van der Waals surface area contributed by atoms with Crippen LogP contribution in [-0.2, 0) is 11.3 Å². The van der Waals surface area contributed by atoms with Gasteiger partial charge in [0.2, 0.25) is 6.41 Å². The van der Waals surface area contributed by atoms with E-state index >= 15 is 0 Å². The number of carbonyl (C=O) groups excluding carboxylic acids is 1. The van der Waals surface area contributed by atoms with Gasteiger partial charge in [0, 0.05) is 18.3 Å². The van der Waals surface area contributed by atoms with Gasteiger partial charge in [-0.05, 0) is 0 Å². The summed E-state index contributed by atoms with van der Waals surface area (Å²) in [5, 5.41) is 2.46. The molecule has 0 aliphatic heterocycles. The molecular formula is C6H8N4O. The monoisotopic (exact) mass is 152 g/mol. The van der Waals surface area contributed by atoms with Gasteiger partial charge in [0.25, 0.3) is 0 Å². The Morgan fingerprint density at radius 1 is 1.73 bits per heavy atom. The average Bonchev–Trinajstić information content (AvgIpc) is 2.03. The first kappa shape index (κ1) is 7.46. The first-order chi connectivity index (χ1) is 5.34. The zero-order valence-electron chi connectivity index (χ0n) is 5.82. The molecule has 1 aromatic rings. The van der Waals surface area contributed by atoms with Crippen molar-refractivity contribution in [1.82, 2.24) is 15.3 Å². The number of nitrogens with one attached hydrogen (secondary N) is 1. The highest BCUT2D eigenvalue weighted by Gasteiger charge is 1.96. The first-order valence-electron chi connectivity index (χ1n) is 3.06. The number of hydrogen-bond acceptors (Lipinski definition) is 4. The molecule has 0 aromatic carbocycles. The molecule has 58 valence electrons. The van der Waals surface area contributed by atoms with E-state index in [1.807, 2.05) is 0 Å². The predicted octanol–water partition coefficient (Wildman–Crippen LogP) is -0.695. The molecule has 0 atom stereocenters. The number of nitrogens with two attached hydrogens (primary N) is 1. The maximum absolute atomic E-state index is 9.90. The van der Waals surface area contributed by atoms with Crippen molar-refractivity contribution in [2.75, 3.05) is 5.73 Å². The van der Waals surface area contributed by atoms with E-state index in [-0.39, 0.29) is 0 Å². The molecule has 1 aromatic heterocycles. The van der Waals surface area contributed by atoms with E-state index in [2.05, 4.69) is 15.3 Å². The van der Waals surface area contributed by atoms with Gasteiger partial charge in [-0.15, -0.1) is 0 Å². The van der Waals surface area contributed by atoms with Crippen molar-refractivity contribution in [3.05, 3.63) is 18.1 Å². The summed E-state index contributed by atoms with van der Waals surface area (Å²) in [5.74, 6) is 0.398. The number of aromatic nitrogens is 2. The van der Waals surface area contributed by atoms with Gasteiger partial charge in [0.1, 0.15) is 12.1 Å². The van der Waals surface area contributed by atoms with Crippen LogP contribution in [0.4, 0.5) is 5.82 Å². The molecule has 11 heavy (non-hydrogen) atoms. The van der Waals surface area contributed by atoms with Gasteiger partial charge in [-0.3, -0.25) is 4.79 Å². The molecule has 1 rings (SSSR count). The Morgan fingerprint density at radius 3 is 3.18 bits per heavy atom. The van der Waals surface area contributed by atoms with Gasteiger partial charge in [0.15, 0.2) is 0 Å². The van der Waals surface area contributed by atoms with Crippen molar-refractivity contribution in [2.45, 2.75) is 6.54 Å². The minimum atomic E-state index is 0.371. The molecule has 0 aliphatic carbocycles. The largest absolute Gasteiger partial charge is 0.383 e. The lowest BCUT2D eigenvalue weighted by Gasteiger charge is -2.00. The summed E-state index contributed by atoms with van der Waals surface area (Å²) in [6.07, 6.45) is 3.53. The summed E-state index contributed by atoms with van der Waals surface area (Å²) in [6, 6.07) is 0. The molecular weight excluding hydrogens is 144 g/mol. The van der Waals surface area contributed by atoms with Crippen LogP contribution in [-0.4, -0.2) is 16.4 Å². The lowest BCUT2D eigenvalue weighted by atomic mass is 10.3. The topological polar surface area (TPSA) is 80.9 Å². The maximum atomic E-state index is 9.90. The van der Waals surface area contributed by atoms with Crippen molar-refractivity contribution < 1.29 is 4.79 Å².